The number of rotatable bonds is 3. The molecule has 0 aromatic carbocycles. The number of Topliss-reactive ketones (excluding diaryl/α,β-unsaturated/α-hetero) is 1. The average molecular weight is 427 g/mol. The van der Waals surface area contributed by atoms with Crippen molar-refractivity contribution in [2.45, 2.75) is 37.8 Å². The van der Waals surface area contributed by atoms with E-state index in [-0.39, 0.29) is 21.4 Å². The first-order valence-corrected chi connectivity index (χ1v) is 8.16. The van der Waals surface area contributed by atoms with Crippen LogP contribution in [0.4, 0.5) is 0 Å². The van der Waals surface area contributed by atoms with Crippen LogP contribution in [0.5, 0.6) is 0 Å². The highest BCUT2D eigenvalue weighted by Gasteiger charge is 2.47. The number of aliphatic hydroxyl groups is 3. The minimum atomic E-state index is -1.80. The SMILES string of the molecule is CC#CC#CC#CC#CC#CC#CC#CC#CCC(=O)[C@H](O)[C@H]1OC(=O)[C@@H](O)[C@H]1O.[HH].[HH].[HH].[HH].[HH].[HH].[HH].[HH].[HH].[HH].[HH].[HH].[HH].[HH].[HH]. The number of cyclic esters (lactones) is 1. The zero-order valence-corrected chi connectivity index (χ0v) is 15.6. The highest BCUT2D eigenvalue weighted by molar-refractivity contribution is 5.87. The Labute approximate surface area is 196 Å². The van der Waals surface area contributed by atoms with Gasteiger partial charge in [-0.3, -0.25) is 4.79 Å². The largest absolute Gasteiger partial charge is 0.454 e. The van der Waals surface area contributed by atoms with E-state index in [1.165, 1.54) is 0 Å². The molecule has 1 heterocycles. The molecule has 3 N–H and O–H groups in total. The topological polar surface area (TPSA) is 104 Å². The van der Waals surface area contributed by atoms with Crippen LogP contribution in [-0.2, 0) is 14.3 Å². The summed E-state index contributed by atoms with van der Waals surface area (Å²) >= 11 is 0. The Kier molecular flexibility index (Phi) is 10.7. The van der Waals surface area contributed by atoms with Crippen molar-refractivity contribution in [3.63, 3.8) is 0 Å². The van der Waals surface area contributed by atoms with Gasteiger partial charge in [0, 0.05) is 21.4 Å². The molecular formula is C24H42O6. The van der Waals surface area contributed by atoms with Gasteiger partial charge in [-0.05, 0) is 89.8 Å². The highest BCUT2D eigenvalue weighted by Crippen LogP contribution is 2.19. The van der Waals surface area contributed by atoms with E-state index in [0.29, 0.717) is 0 Å². The lowest BCUT2D eigenvalue weighted by Gasteiger charge is -2.17. The zero-order chi connectivity index (χ0) is 22.2. The molecular weight excluding hydrogens is 384 g/mol. The van der Waals surface area contributed by atoms with Gasteiger partial charge in [-0.1, -0.05) is 11.8 Å². The van der Waals surface area contributed by atoms with Gasteiger partial charge in [0.1, 0.15) is 6.10 Å². The fraction of sp³-hybridized carbons (Fsp3) is 0.250. The molecule has 0 aromatic heterocycles. The number of hydrogen-bond acceptors (Lipinski definition) is 6. The zero-order valence-electron chi connectivity index (χ0n) is 15.6. The van der Waals surface area contributed by atoms with Crippen molar-refractivity contribution in [3.8, 4) is 94.7 Å². The van der Waals surface area contributed by atoms with Crippen LogP contribution in [0.25, 0.3) is 0 Å². The number of carbonyl (C=O) groups excluding carboxylic acids is 2. The summed E-state index contributed by atoms with van der Waals surface area (Å²) in [4.78, 5) is 22.9. The summed E-state index contributed by atoms with van der Waals surface area (Å²) in [5.41, 5.74) is 0. The third kappa shape index (κ3) is 8.46. The number of carbonyl (C=O) groups is 2. The molecule has 1 rings (SSSR count). The summed E-state index contributed by atoms with van der Waals surface area (Å²) in [5.74, 6) is 37.2. The number of ketones is 1. The molecule has 0 aromatic rings. The van der Waals surface area contributed by atoms with E-state index in [2.05, 4.69) is 99.5 Å². The van der Waals surface area contributed by atoms with Crippen molar-refractivity contribution < 1.29 is 51.0 Å². The van der Waals surface area contributed by atoms with Gasteiger partial charge in [0.05, 0.1) is 6.42 Å². The van der Waals surface area contributed by atoms with Crippen LogP contribution < -0.4 is 0 Å². The summed E-state index contributed by atoms with van der Waals surface area (Å²) in [7, 11) is 0. The maximum atomic E-state index is 11.8. The van der Waals surface area contributed by atoms with Gasteiger partial charge in [-0.2, -0.15) is 0 Å². The van der Waals surface area contributed by atoms with Crippen molar-refractivity contribution in [1.82, 2.24) is 0 Å². The molecule has 1 aliphatic rings. The molecule has 1 saturated heterocycles. The van der Waals surface area contributed by atoms with Crippen molar-refractivity contribution >= 4 is 11.8 Å². The number of ether oxygens (including phenoxy) is 1. The number of hydrogen-bond donors (Lipinski definition) is 3. The van der Waals surface area contributed by atoms with Gasteiger partial charge in [-0.25, -0.2) is 4.79 Å². The standard InChI is InChI=1S/C24H12O6.15H2/c1-2-3-4-5-6-7-8-9-10-11-12-13-14-15-16-17-18-19(25)20(26)23-21(27)22(28)24(29)30-23;;;;;;;;;;;;;;;/h20-23,26-28H,18H2,1H3;15*1H/t20-,21+,22-,23+;;;;;;;;;;;;;;;/m0.............../s1. The number of aliphatic hydroxyl groups excluding tert-OH is 3. The second-order valence-electron chi connectivity index (χ2n) is 5.10. The van der Waals surface area contributed by atoms with Crippen LogP contribution in [0.15, 0.2) is 0 Å². The first-order chi connectivity index (χ1) is 14.5. The van der Waals surface area contributed by atoms with E-state index < -0.39 is 42.6 Å². The fourth-order valence-corrected chi connectivity index (χ4v) is 1.74. The lowest BCUT2D eigenvalue weighted by molar-refractivity contribution is -0.153. The monoisotopic (exact) mass is 426 g/mol. The van der Waals surface area contributed by atoms with Crippen LogP contribution in [0.1, 0.15) is 34.7 Å². The van der Waals surface area contributed by atoms with Crippen LogP contribution in [0, 0.1) is 94.7 Å². The van der Waals surface area contributed by atoms with Crippen LogP contribution >= 0.6 is 0 Å². The summed E-state index contributed by atoms with van der Waals surface area (Å²) in [6, 6.07) is 0. The molecule has 30 heavy (non-hydrogen) atoms. The first-order valence-electron chi connectivity index (χ1n) is 8.16. The van der Waals surface area contributed by atoms with Gasteiger partial charge in [-0.15, -0.1) is 0 Å². The minimum absolute atomic E-state index is 0. The predicted molar refractivity (Wildman–Crippen MR) is 137 cm³/mol. The van der Waals surface area contributed by atoms with E-state index >= 15 is 0 Å². The summed E-state index contributed by atoms with van der Waals surface area (Å²) in [6.07, 6.45) is -7.22. The second-order valence-corrected chi connectivity index (χ2v) is 5.10. The van der Waals surface area contributed by atoms with E-state index in [1.807, 2.05) is 0 Å². The van der Waals surface area contributed by atoms with Crippen LogP contribution in [0.2, 0.25) is 0 Å². The molecule has 0 amide bonds. The molecule has 174 valence electrons. The van der Waals surface area contributed by atoms with Gasteiger partial charge in [0.15, 0.2) is 24.1 Å². The maximum absolute atomic E-state index is 11.8. The van der Waals surface area contributed by atoms with E-state index in [9.17, 15) is 24.9 Å². The lowest BCUT2D eigenvalue weighted by Crippen LogP contribution is -2.42. The molecule has 1 aliphatic heterocycles. The molecule has 0 saturated carbocycles. The number of esters is 1. The quantitative estimate of drug-likeness (QED) is 0.469. The average Bonchev–Trinajstić information content (AvgIpc) is 3.00. The minimum Gasteiger partial charge on any atom is -0.454 e. The molecule has 1 fully saturated rings. The van der Waals surface area contributed by atoms with Crippen LogP contribution in [-0.4, -0.2) is 51.5 Å². The summed E-state index contributed by atoms with van der Waals surface area (Å²) in [6.45, 7) is 1.67. The Morgan fingerprint density at radius 1 is 0.900 bits per heavy atom. The molecule has 0 aliphatic carbocycles. The maximum Gasteiger partial charge on any atom is 0.338 e. The van der Waals surface area contributed by atoms with Crippen molar-refractivity contribution in [2.24, 2.45) is 0 Å². The Balaban J connectivity index is -0.0000000462. The Morgan fingerprint density at radius 2 is 1.33 bits per heavy atom. The van der Waals surface area contributed by atoms with Gasteiger partial charge in [0.2, 0.25) is 0 Å². The molecule has 4 atom stereocenters. The Bertz CT molecular complexity index is 1240. The normalized spacial score (nSPS) is 18.0. The second kappa shape index (κ2) is 13.6. The third-order valence-corrected chi connectivity index (χ3v) is 3.08. The van der Waals surface area contributed by atoms with Crippen molar-refractivity contribution in [3.05, 3.63) is 0 Å². The summed E-state index contributed by atoms with van der Waals surface area (Å²) < 4.78 is 4.56. The predicted octanol–water partition coefficient (Wildman–Crippen LogP) is 1.69. The molecule has 6 heteroatoms. The molecule has 0 bridgehead atoms. The lowest BCUT2D eigenvalue weighted by atomic mass is 10.0. The third-order valence-electron chi connectivity index (χ3n) is 3.08. The van der Waals surface area contributed by atoms with Crippen LogP contribution in [0.3, 0.4) is 0 Å². The van der Waals surface area contributed by atoms with E-state index in [4.69, 9.17) is 0 Å². The van der Waals surface area contributed by atoms with E-state index in [0.717, 1.165) is 0 Å². The van der Waals surface area contributed by atoms with Gasteiger partial charge < -0.3 is 20.1 Å². The van der Waals surface area contributed by atoms with Gasteiger partial charge >= 0.3 is 5.97 Å². The van der Waals surface area contributed by atoms with Crippen molar-refractivity contribution in [2.75, 3.05) is 0 Å². The molecule has 0 spiro atoms. The first kappa shape index (κ1) is 23.5. The van der Waals surface area contributed by atoms with Gasteiger partial charge in [0.25, 0.3) is 0 Å². The summed E-state index contributed by atoms with van der Waals surface area (Å²) in [5, 5.41) is 28.6. The van der Waals surface area contributed by atoms with E-state index in [1.54, 1.807) is 6.92 Å². The Morgan fingerprint density at radius 3 is 1.73 bits per heavy atom. The highest BCUT2D eigenvalue weighted by atomic mass is 16.6. The molecule has 6 nitrogen and oxygen atoms in total. The Hall–Kier alpha value is -4.50. The van der Waals surface area contributed by atoms with Crippen molar-refractivity contribution in [1.29, 1.82) is 0 Å². The fourth-order valence-electron chi connectivity index (χ4n) is 1.74. The molecule has 0 radical (unpaired) electrons. The molecule has 0 unspecified atom stereocenters. The smallest absolute Gasteiger partial charge is 0.338 e.